The molecular weight excluding hydrogens is 235 g/mol. The van der Waals surface area contributed by atoms with Crippen molar-refractivity contribution in [2.24, 2.45) is 0 Å². The first kappa shape index (κ1) is 3.92. The SMILES string of the molecule is [2H]c1nn(-c2c([2H])c([2H])c(F)c([2H])c2[2H])c([2H])c1Br. The van der Waals surface area contributed by atoms with Crippen molar-refractivity contribution in [3.63, 3.8) is 0 Å². The minimum absolute atomic E-state index is 0.0497. The number of benzene rings is 1. The Morgan fingerprint density at radius 2 is 2.08 bits per heavy atom. The van der Waals surface area contributed by atoms with Gasteiger partial charge in [0.05, 0.1) is 24.6 Å². The van der Waals surface area contributed by atoms with Crippen LogP contribution >= 0.6 is 15.9 Å². The van der Waals surface area contributed by atoms with E-state index in [1.54, 1.807) is 0 Å². The lowest BCUT2D eigenvalue weighted by molar-refractivity contribution is 0.627. The highest BCUT2D eigenvalue weighted by atomic mass is 79.9. The molecule has 4 heteroatoms. The normalized spacial score (nSPS) is 16.8. The van der Waals surface area contributed by atoms with Crippen molar-refractivity contribution < 1.29 is 12.6 Å². The maximum absolute atomic E-state index is 13.4. The van der Waals surface area contributed by atoms with Crippen LogP contribution in [0.1, 0.15) is 8.22 Å². The smallest absolute Gasteiger partial charge is 0.123 e. The van der Waals surface area contributed by atoms with Gasteiger partial charge in [-0.05, 0) is 40.1 Å². The molecule has 1 heterocycles. The van der Waals surface area contributed by atoms with Crippen molar-refractivity contribution in [1.29, 1.82) is 0 Å². The molecule has 1 aromatic heterocycles. The second-order valence-corrected chi connectivity index (χ2v) is 2.90. The molecule has 0 bridgehead atoms. The summed E-state index contributed by atoms with van der Waals surface area (Å²) < 4.78 is 59.4. The van der Waals surface area contributed by atoms with E-state index in [1.165, 1.54) is 0 Å². The van der Waals surface area contributed by atoms with E-state index in [0.717, 1.165) is 4.68 Å². The molecule has 0 atom stereocenters. The number of rotatable bonds is 1. The Balaban J connectivity index is 2.87. The Bertz CT molecular complexity index is 657. The number of nitrogens with zero attached hydrogens (tertiary/aromatic N) is 2. The summed E-state index contributed by atoms with van der Waals surface area (Å²) in [6.07, 6.45) is -0.594. The van der Waals surface area contributed by atoms with Crippen LogP contribution in [-0.2, 0) is 0 Å². The molecule has 0 radical (unpaired) electrons. The summed E-state index contributed by atoms with van der Waals surface area (Å²) in [7, 11) is 0. The summed E-state index contributed by atoms with van der Waals surface area (Å²) in [5.41, 5.74) is -0.361. The Morgan fingerprint density at radius 3 is 2.62 bits per heavy atom. The quantitative estimate of drug-likeness (QED) is 0.757. The number of halogens is 2. The Labute approximate surface area is 91.6 Å². The molecule has 2 rings (SSSR count). The van der Waals surface area contributed by atoms with Crippen molar-refractivity contribution >= 4 is 15.9 Å². The van der Waals surface area contributed by atoms with Crippen LogP contribution in [0.25, 0.3) is 5.69 Å². The summed E-state index contributed by atoms with van der Waals surface area (Å²) in [6, 6.07) is -2.98. The zero-order valence-corrected chi connectivity index (χ0v) is 7.74. The fourth-order valence-corrected chi connectivity index (χ4v) is 0.987. The Hall–Kier alpha value is -1.16. The lowest BCUT2D eigenvalue weighted by Crippen LogP contribution is -1.93. The molecule has 0 aliphatic carbocycles. The lowest BCUT2D eigenvalue weighted by Gasteiger charge is -1.99. The van der Waals surface area contributed by atoms with Gasteiger partial charge in [0.1, 0.15) is 5.82 Å². The Kier molecular flexibility index (Phi) is 0.994. The minimum atomic E-state index is -1.26. The highest BCUT2D eigenvalue weighted by molar-refractivity contribution is 9.10. The molecule has 66 valence electrons. The van der Waals surface area contributed by atoms with Gasteiger partial charge in [0.15, 0.2) is 0 Å². The molecule has 0 aliphatic heterocycles. The van der Waals surface area contributed by atoms with Gasteiger partial charge in [0.2, 0.25) is 0 Å². The highest BCUT2D eigenvalue weighted by Gasteiger charge is 1.98. The van der Waals surface area contributed by atoms with Crippen LogP contribution < -0.4 is 0 Å². The van der Waals surface area contributed by atoms with Gasteiger partial charge < -0.3 is 0 Å². The average Bonchev–Trinajstić information content (AvgIpc) is 2.62. The lowest BCUT2D eigenvalue weighted by atomic mass is 10.3. The van der Waals surface area contributed by atoms with Gasteiger partial charge >= 0.3 is 0 Å². The predicted octanol–water partition coefficient (Wildman–Crippen LogP) is 2.77. The zero-order chi connectivity index (χ0) is 14.5. The van der Waals surface area contributed by atoms with E-state index in [4.69, 9.17) is 8.22 Å². The van der Waals surface area contributed by atoms with Gasteiger partial charge in [-0.25, -0.2) is 9.07 Å². The van der Waals surface area contributed by atoms with Gasteiger partial charge in [-0.15, -0.1) is 0 Å². The zero-order valence-electron chi connectivity index (χ0n) is 12.2. The third-order valence-corrected chi connectivity index (χ3v) is 1.60. The van der Waals surface area contributed by atoms with E-state index in [2.05, 4.69) is 21.0 Å². The maximum Gasteiger partial charge on any atom is 0.123 e. The molecule has 2 nitrogen and oxygen atoms in total. The molecule has 0 fully saturated rings. The van der Waals surface area contributed by atoms with Gasteiger partial charge in [-0.1, -0.05) is 0 Å². The van der Waals surface area contributed by atoms with Crippen molar-refractivity contribution in [3.05, 3.63) is 46.8 Å². The molecule has 13 heavy (non-hydrogen) atoms. The van der Waals surface area contributed by atoms with E-state index in [1.807, 2.05) is 0 Å². The van der Waals surface area contributed by atoms with Gasteiger partial charge in [0, 0.05) is 6.17 Å². The third-order valence-electron chi connectivity index (χ3n) is 1.25. The summed E-state index contributed by atoms with van der Waals surface area (Å²) in [6.45, 7) is 0. The van der Waals surface area contributed by atoms with Gasteiger partial charge in [0.25, 0.3) is 0 Å². The largest absolute Gasteiger partial charge is 0.240 e. The summed E-state index contributed by atoms with van der Waals surface area (Å²) in [5, 5.41) is 3.63. The summed E-state index contributed by atoms with van der Waals surface area (Å²) in [4.78, 5) is 0. The summed E-state index contributed by atoms with van der Waals surface area (Å²) in [5.74, 6) is -1.26. The molecule has 0 spiro atoms. The third kappa shape index (κ3) is 1.78. The van der Waals surface area contributed by atoms with Crippen LogP contribution in [0.4, 0.5) is 4.39 Å². The molecule has 1 aromatic carbocycles. The average molecular weight is 247 g/mol. The fraction of sp³-hybridized carbons (Fsp3) is 0. The number of aromatic nitrogens is 2. The first-order valence-corrected chi connectivity index (χ1v) is 4.04. The van der Waals surface area contributed by atoms with E-state index in [0.29, 0.717) is 0 Å². The monoisotopic (exact) mass is 246 g/mol. The van der Waals surface area contributed by atoms with Gasteiger partial charge in [-0.2, -0.15) is 5.10 Å². The molecule has 0 saturated heterocycles. The molecule has 0 aliphatic rings. The van der Waals surface area contributed by atoms with Crippen LogP contribution in [0, 0.1) is 5.82 Å². The van der Waals surface area contributed by atoms with E-state index >= 15 is 0 Å². The molecule has 0 N–H and O–H groups in total. The molecule has 0 unspecified atom stereocenters. The first-order valence-electron chi connectivity index (χ1n) is 6.25. The predicted molar refractivity (Wildman–Crippen MR) is 51.2 cm³/mol. The Morgan fingerprint density at radius 1 is 1.38 bits per heavy atom. The van der Waals surface area contributed by atoms with Crippen molar-refractivity contribution in [3.8, 4) is 5.69 Å². The second kappa shape index (κ2) is 3.30. The van der Waals surface area contributed by atoms with Crippen LogP contribution in [-0.4, -0.2) is 9.78 Å². The standard InChI is InChI=1S/C9H6BrFN2/c10-7-5-12-13(6-7)9-3-1-8(11)2-4-9/h1-6H/i1D,2D,3D,4D,5D,6D. The van der Waals surface area contributed by atoms with Crippen LogP contribution in [0.2, 0.25) is 0 Å². The molecule has 0 amide bonds. The van der Waals surface area contributed by atoms with Crippen LogP contribution in [0.3, 0.4) is 0 Å². The van der Waals surface area contributed by atoms with Gasteiger partial charge in [-0.3, -0.25) is 0 Å². The highest BCUT2D eigenvalue weighted by Crippen LogP contribution is 2.12. The topological polar surface area (TPSA) is 17.8 Å². The van der Waals surface area contributed by atoms with Crippen molar-refractivity contribution in [1.82, 2.24) is 9.78 Å². The summed E-state index contributed by atoms with van der Waals surface area (Å²) >= 11 is 2.95. The van der Waals surface area contributed by atoms with E-state index in [-0.39, 0.29) is 22.5 Å². The molecular formula is C9H6BrFN2. The maximum atomic E-state index is 13.4. The molecule has 0 saturated carbocycles. The van der Waals surface area contributed by atoms with E-state index < -0.39 is 30.0 Å². The molecule has 2 aromatic rings. The number of hydrogen-bond acceptors (Lipinski definition) is 1. The van der Waals surface area contributed by atoms with Crippen molar-refractivity contribution in [2.75, 3.05) is 0 Å². The first-order chi connectivity index (χ1) is 8.77. The number of hydrogen-bond donors (Lipinski definition) is 0. The van der Waals surface area contributed by atoms with Crippen molar-refractivity contribution in [2.45, 2.75) is 0 Å². The van der Waals surface area contributed by atoms with Crippen LogP contribution in [0.5, 0.6) is 0 Å². The van der Waals surface area contributed by atoms with E-state index in [9.17, 15) is 4.39 Å². The fourth-order valence-electron chi connectivity index (χ4n) is 0.739. The van der Waals surface area contributed by atoms with Crippen LogP contribution in [0.15, 0.2) is 41.0 Å². The minimum Gasteiger partial charge on any atom is -0.240 e. The second-order valence-electron chi connectivity index (χ2n) is 2.11.